The molecule has 2 aromatic heterocycles. The number of methoxy groups -OCH3 is 1. The quantitative estimate of drug-likeness (QED) is 0.888. The highest BCUT2D eigenvalue weighted by Gasteiger charge is 2.42. The van der Waals surface area contributed by atoms with Crippen LogP contribution in [-0.2, 0) is 4.74 Å². The second-order valence-corrected chi connectivity index (χ2v) is 6.79. The number of ether oxygens (including phenoxy) is 2. The zero-order valence-electron chi connectivity index (χ0n) is 14.1. The van der Waals surface area contributed by atoms with Gasteiger partial charge < -0.3 is 20.5 Å². The third kappa shape index (κ3) is 3.00. The topological polar surface area (TPSA) is 99.4 Å². The van der Waals surface area contributed by atoms with Crippen molar-refractivity contribution in [2.45, 2.75) is 43.9 Å². The summed E-state index contributed by atoms with van der Waals surface area (Å²) in [5, 5.41) is 3.00. The molecule has 25 heavy (non-hydrogen) atoms. The van der Waals surface area contributed by atoms with Crippen LogP contribution in [0.1, 0.15) is 37.4 Å². The Morgan fingerprint density at radius 2 is 2.04 bits per heavy atom. The largest absolute Gasteiger partial charge is 0.481 e. The number of fused-ring (bicyclic) bond motifs is 1. The van der Waals surface area contributed by atoms with E-state index in [0.717, 1.165) is 36.8 Å². The molecule has 3 heterocycles. The number of nitrogens with zero attached hydrogens (tertiary/aromatic N) is 2. The Kier molecular flexibility index (Phi) is 4.17. The third-order valence-corrected chi connectivity index (χ3v) is 5.27. The van der Waals surface area contributed by atoms with E-state index in [2.05, 4.69) is 15.3 Å². The molecule has 1 aliphatic heterocycles. The predicted octanol–water partition coefficient (Wildman–Crippen LogP) is 2.31. The van der Waals surface area contributed by atoms with E-state index in [1.165, 1.54) is 0 Å². The normalized spacial score (nSPS) is 29.3. The van der Waals surface area contributed by atoms with Gasteiger partial charge in [-0.05, 0) is 43.7 Å². The molecule has 3 N–H and O–H groups in total. The maximum atomic E-state index is 12.0. The minimum absolute atomic E-state index is 0.0707. The summed E-state index contributed by atoms with van der Waals surface area (Å²) in [6.07, 6.45) is 4.91. The molecule has 0 spiro atoms. The van der Waals surface area contributed by atoms with Crippen LogP contribution in [-0.4, -0.2) is 35.3 Å². The Balaban J connectivity index is 1.71. The maximum Gasteiger partial charge on any atom is 0.408 e. The molecule has 7 nitrogen and oxygen atoms in total. The first-order valence-corrected chi connectivity index (χ1v) is 8.68. The van der Waals surface area contributed by atoms with E-state index >= 15 is 0 Å². The molecule has 0 bridgehead atoms. The van der Waals surface area contributed by atoms with Gasteiger partial charge in [0.05, 0.1) is 24.2 Å². The van der Waals surface area contributed by atoms with Crippen LogP contribution in [0.2, 0.25) is 0 Å². The number of rotatable bonds is 3. The molecule has 132 valence electrons. The van der Waals surface area contributed by atoms with Crippen LogP contribution in [0.3, 0.4) is 0 Å². The number of cyclic esters (lactones) is 1. The fraction of sp³-hybridized carbons (Fsp3) is 0.500. The van der Waals surface area contributed by atoms with Gasteiger partial charge in [-0.3, -0.25) is 4.98 Å². The fourth-order valence-electron chi connectivity index (χ4n) is 3.93. The molecule has 2 aliphatic rings. The van der Waals surface area contributed by atoms with Gasteiger partial charge in [0.25, 0.3) is 0 Å². The van der Waals surface area contributed by atoms with Crippen LogP contribution in [0.25, 0.3) is 11.0 Å². The second kappa shape index (κ2) is 6.48. The molecular formula is C18H22N4O3. The van der Waals surface area contributed by atoms with Gasteiger partial charge in [0.1, 0.15) is 0 Å². The van der Waals surface area contributed by atoms with Crippen LogP contribution in [0.15, 0.2) is 24.4 Å². The Hall–Kier alpha value is -2.41. The lowest BCUT2D eigenvalue weighted by molar-refractivity contribution is 0.116. The minimum atomic E-state index is -0.378. The van der Waals surface area contributed by atoms with E-state index in [1.807, 2.05) is 12.1 Å². The number of pyridine rings is 2. The predicted molar refractivity (Wildman–Crippen MR) is 92.2 cm³/mol. The summed E-state index contributed by atoms with van der Waals surface area (Å²) in [6, 6.07) is 5.71. The number of hydrogen-bond donors (Lipinski definition) is 2. The Morgan fingerprint density at radius 3 is 2.80 bits per heavy atom. The lowest BCUT2D eigenvalue weighted by Gasteiger charge is -2.32. The summed E-state index contributed by atoms with van der Waals surface area (Å²) in [5.41, 5.74) is 8.35. The smallest absolute Gasteiger partial charge is 0.408 e. The lowest BCUT2D eigenvalue weighted by atomic mass is 9.79. The molecule has 1 aliphatic carbocycles. The molecule has 2 atom stereocenters. The van der Waals surface area contributed by atoms with E-state index in [1.54, 1.807) is 19.4 Å². The van der Waals surface area contributed by atoms with Crippen LogP contribution < -0.4 is 15.8 Å². The van der Waals surface area contributed by atoms with Crippen molar-refractivity contribution in [1.82, 2.24) is 15.3 Å². The number of nitrogens with one attached hydrogen (secondary N) is 1. The number of nitrogens with two attached hydrogens (primary N) is 1. The lowest BCUT2D eigenvalue weighted by Crippen LogP contribution is -2.39. The average Bonchev–Trinajstić information content (AvgIpc) is 3.03. The summed E-state index contributed by atoms with van der Waals surface area (Å²) in [7, 11) is 1.58. The third-order valence-electron chi connectivity index (χ3n) is 5.27. The van der Waals surface area contributed by atoms with Crippen LogP contribution in [0.4, 0.5) is 4.79 Å². The number of carbonyl (C=O) groups is 1. The first-order valence-electron chi connectivity index (χ1n) is 8.68. The van der Waals surface area contributed by atoms with Gasteiger partial charge >= 0.3 is 6.09 Å². The SMILES string of the molecule is COc1ccc2nccc([C@@H]3OC(=O)N[C@H]3C3CCC(N)CC3)c2n1. The number of alkyl carbamates (subject to hydrolysis) is 1. The van der Waals surface area contributed by atoms with Crippen molar-refractivity contribution in [3.63, 3.8) is 0 Å². The Bertz CT molecular complexity index is 789. The molecule has 2 aromatic rings. The minimum Gasteiger partial charge on any atom is -0.481 e. The van der Waals surface area contributed by atoms with Crippen molar-refractivity contribution in [1.29, 1.82) is 0 Å². The standard InChI is InChI=1S/C18H22N4O3/c1-24-14-7-6-13-16(21-14)12(8-9-20-13)17-15(22-18(23)25-17)10-2-4-11(19)5-3-10/h6-11,15,17H,2-5,19H2,1H3,(H,22,23)/t10?,11?,15-,17-/m0/s1. The maximum absolute atomic E-state index is 12.0. The van der Waals surface area contributed by atoms with Crippen LogP contribution in [0, 0.1) is 5.92 Å². The van der Waals surface area contributed by atoms with Gasteiger partial charge in [0.2, 0.25) is 5.88 Å². The van der Waals surface area contributed by atoms with E-state index < -0.39 is 0 Å². The van der Waals surface area contributed by atoms with Crippen molar-refractivity contribution in [3.8, 4) is 5.88 Å². The van der Waals surface area contributed by atoms with Crippen molar-refractivity contribution < 1.29 is 14.3 Å². The molecule has 2 fully saturated rings. The summed E-state index contributed by atoms with van der Waals surface area (Å²) in [5.74, 6) is 0.865. The first-order chi connectivity index (χ1) is 12.2. The molecule has 1 saturated heterocycles. The van der Waals surface area contributed by atoms with Crippen molar-refractivity contribution in [2.24, 2.45) is 11.7 Å². The van der Waals surface area contributed by atoms with Gasteiger partial charge in [0, 0.05) is 23.9 Å². The highest BCUT2D eigenvalue weighted by Crippen LogP contribution is 2.38. The number of carbonyl (C=O) groups excluding carboxylic acids is 1. The average molecular weight is 342 g/mol. The monoisotopic (exact) mass is 342 g/mol. The summed E-state index contributed by atoms with van der Waals surface area (Å²) >= 11 is 0. The van der Waals surface area contributed by atoms with Gasteiger partial charge in [-0.15, -0.1) is 0 Å². The number of aromatic nitrogens is 2. The Labute approximate surface area is 145 Å². The van der Waals surface area contributed by atoms with Gasteiger partial charge in [0.15, 0.2) is 6.10 Å². The summed E-state index contributed by atoms with van der Waals surface area (Å²) in [6.45, 7) is 0. The molecule has 4 rings (SSSR count). The Morgan fingerprint density at radius 1 is 1.24 bits per heavy atom. The van der Waals surface area contributed by atoms with Crippen LogP contribution in [0.5, 0.6) is 5.88 Å². The highest BCUT2D eigenvalue weighted by molar-refractivity contribution is 5.80. The molecule has 7 heteroatoms. The second-order valence-electron chi connectivity index (χ2n) is 6.79. The highest BCUT2D eigenvalue weighted by atomic mass is 16.6. The fourth-order valence-corrected chi connectivity index (χ4v) is 3.93. The molecule has 0 radical (unpaired) electrons. The number of amides is 1. The van der Waals surface area contributed by atoms with E-state index in [4.69, 9.17) is 15.2 Å². The van der Waals surface area contributed by atoms with Gasteiger partial charge in [-0.1, -0.05) is 0 Å². The van der Waals surface area contributed by atoms with Crippen molar-refractivity contribution >= 4 is 17.1 Å². The van der Waals surface area contributed by atoms with E-state index in [-0.39, 0.29) is 24.3 Å². The van der Waals surface area contributed by atoms with Gasteiger partial charge in [-0.2, -0.15) is 0 Å². The zero-order chi connectivity index (χ0) is 17.4. The zero-order valence-corrected chi connectivity index (χ0v) is 14.1. The van der Waals surface area contributed by atoms with E-state index in [9.17, 15) is 4.79 Å². The molecule has 1 saturated carbocycles. The van der Waals surface area contributed by atoms with Gasteiger partial charge in [-0.25, -0.2) is 9.78 Å². The molecule has 0 aromatic carbocycles. The number of hydrogen-bond acceptors (Lipinski definition) is 6. The molecule has 0 unspecified atom stereocenters. The van der Waals surface area contributed by atoms with E-state index in [0.29, 0.717) is 17.3 Å². The van der Waals surface area contributed by atoms with Crippen molar-refractivity contribution in [3.05, 3.63) is 30.0 Å². The molecular weight excluding hydrogens is 320 g/mol. The van der Waals surface area contributed by atoms with Crippen molar-refractivity contribution in [2.75, 3.05) is 7.11 Å². The summed E-state index contributed by atoms with van der Waals surface area (Å²) in [4.78, 5) is 20.9. The first kappa shape index (κ1) is 16.1. The van der Waals surface area contributed by atoms with Crippen LogP contribution >= 0.6 is 0 Å². The molecule has 1 amide bonds. The summed E-state index contributed by atoms with van der Waals surface area (Å²) < 4.78 is 10.9.